The number of hydrogen-bond donors (Lipinski definition) is 0. The normalized spacial score (nSPS) is 14.0. The van der Waals surface area contributed by atoms with Gasteiger partial charge in [-0.15, -0.1) is 10.2 Å². The van der Waals surface area contributed by atoms with Crippen molar-refractivity contribution in [2.75, 3.05) is 26.2 Å². The summed E-state index contributed by atoms with van der Waals surface area (Å²) in [6, 6.07) is 13.4. The average Bonchev–Trinajstić information content (AvgIpc) is 3.23. The fourth-order valence-electron chi connectivity index (χ4n) is 3.32. The average molecular weight is 405 g/mol. The monoisotopic (exact) mass is 405 g/mol. The van der Waals surface area contributed by atoms with Crippen LogP contribution in [-0.2, 0) is 22.6 Å². The number of rotatable bonds is 5. The Labute approximate surface area is 174 Å². The minimum Gasteiger partial charge on any atom is -0.339 e. The fourth-order valence-corrected chi connectivity index (χ4v) is 3.32. The maximum atomic E-state index is 12.6. The minimum atomic E-state index is -0.0836. The highest BCUT2D eigenvalue weighted by molar-refractivity contribution is 5.79. The number of carbonyl (C=O) groups is 2. The lowest BCUT2D eigenvalue weighted by atomic mass is 10.1. The molecule has 2 aromatic heterocycles. The van der Waals surface area contributed by atoms with Crippen LogP contribution in [0.25, 0.3) is 11.4 Å². The van der Waals surface area contributed by atoms with Crippen LogP contribution in [0, 0.1) is 6.92 Å². The lowest BCUT2D eigenvalue weighted by Crippen LogP contribution is -2.51. The molecule has 0 spiro atoms. The van der Waals surface area contributed by atoms with E-state index >= 15 is 0 Å². The second kappa shape index (κ2) is 8.81. The predicted octanol–water partition coefficient (Wildman–Crippen LogP) is 0.957. The van der Waals surface area contributed by atoms with Gasteiger partial charge in [0.1, 0.15) is 6.54 Å². The summed E-state index contributed by atoms with van der Waals surface area (Å²) in [5.74, 6) is 0.439. The van der Waals surface area contributed by atoms with Crippen molar-refractivity contribution in [2.45, 2.75) is 19.9 Å². The molecule has 9 heteroatoms. The minimum absolute atomic E-state index is 0.0285. The van der Waals surface area contributed by atoms with E-state index in [2.05, 4.69) is 20.4 Å². The molecule has 1 fully saturated rings. The predicted molar refractivity (Wildman–Crippen MR) is 109 cm³/mol. The summed E-state index contributed by atoms with van der Waals surface area (Å²) in [6.07, 6.45) is 1.96. The zero-order valence-corrected chi connectivity index (χ0v) is 16.8. The van der Waals surface area contributed by atoms with E-state index in [1.54, 1.807) is 16.0 Å². The highest BCUT2D eigenvalue weighted by Crippen LogP contribution is 2.14. The van der Waals surface area contributed by atoms with Crippen molar-refractivity contribution in [1.29, 1.82) is 0 Å². The van der Waals surface area contributed by atoms with Crippen molar-refractivity contribution in [3.63, 3.8) is 0 Å². The van der Waals surface area contributed by atoms with E-state index < -0.39 is 0 Å². The highest BCUT2D eigenvalue weighted by atomic mass is 16.2. The Morgan fingerprint density at radius 3 is 2.30 bits per heavy atom. The van der Waals surface area contributed by atoms with Crippen LogP contribution in [0.5, 0.6) is 0 Å². The van der Waals surface area contributed by atoms with E-state index in [4.69, 9.17) is 0 Å². The molecule has 0 radical (unpaired) electrons. The Morgan fingerprint density at radius 1 is 0.933 bits per heavy atom. The standard InChI is InChI=1S/C21H23N7O2/c1-16-5-7-17(8-6-16)21-23-25-28(24-21)15-20(30)27-12-10-26(11-13-27)19(29)14-18-4-2-3-9-22-18/h2-9H,10-15H2,1H3. The number of hydrogen-bond acceptors (Lipinski definition) is 6. The SMILES string of the molecule is Cc1ccc(-c2nnn(CC(=O)N3CCN(C(=O)Cc4ccccn4)CC3)n2)cc1. The van der Waals surface area contributed by atoms with Crippen LogP contribution < -0.4 is 0 Å². The Morgan fingerprint density at radius 2 is 1.63 bits per heavy atom. The van der Waals surface area contributed by atoms with E-state index in [9.17, 15) is 9.59 Å². The summed E-state index contributed by atoms with van der Waals surface area (Å²) in [6.45, 7) is 4.05. The van der Waals surface area contributed by atoms with E-state index in [0.717, 1.165) is 16.8 Å². The van der Waals surface area contributed by atoms with Crippen molar-refractivity contribution in [3.8, 4) is 11.4 Å². The molecule has 30 heavy (non-hydrogen) atoms. The maximum Gasteiger partial charge on any atom is 0.246 e. The van der Waals surface area contributed by atoms with Crippen LogP contribution in [0.15, 0.2) is 48.7 Å². The zero-order chi connectivity index (χ0) is 20.9. The first kappa shape index (κ1) is 19.7. The number of pyridine rings is 1. The molecule has 2 amide bonds. The third-order valence-corrected chi connectivity index (χ3v) is 5.08. The van der Waals surface area contributed by atoms with Gasteiger partial charge < -0.3 is 9.80 Å². The van der Waals surface area contributed by atoms with Gasteiger partial charge in [-0.25, -0.2) is 0 Å². The van der Waals surface area contributed by atoms with Crippen molar-refractivity contribution in [3.05, 3.63) is 59.9 Å². The van der Waals surface area contributed by atoms with E-state index in [1.807, 2.05) is 49.4 Å². The number of tetrazole rings is 1. The molecule has 0 unspecified atom stereocenters. The van der Waals surface area contributed by atoms with Crippen molar-refractivity contribution in [2.24, 2.45) is 0 Å². The number of benzene rings is 1. The van der Waals surface area contributed by atoms with Gasteiger partial charge in [-0.3, -0.25) is 14.6 Å². The van der Waals surface area contributed by atoms with Gasteiger partial charge in [-0.1, -0.05) is 35.9 Å². The molecular weight excluding hydrogens is 382 g/mol. The Balaban J connectivity index is 1.28. The molecule has 0 bridgehead atoms. The Bertz CT molecular complexity index is 1010. The summed E-state index contributed by atoms with van der Waals surface area (Å²) in [7, 11) is 0. The zero-order valence-electron chi connectivity index (χ0n) is 16.8. The summed E-state index contributed by atoms with van der Waals surface area (Å²) >= 11 is 0. The van der Waals surface area contributed by atoms with Gasteiger partial charge in [0.25, 0.3) is 0 Å². The molecule has 0 saturated carbocycles. The van der Waals surface area contributed by atoms with Crippen LogP contribution >= 0.6 is 0 Å². The highest BCUT2D eigenvalue weighted by Gasteiger charge is 2.25. The first-order valence-corrected chi connectivity index (χ1v) is 9.89. The van der Waals surface area contributed by atoms with Crippen LogP contribution in [0.2, 0.25) is 0 Å². The summed E-state index contributed by atoms with van der Waals surface area (Å²) < 4.78 is 0. The molecule has 1 aliphatic rings. The summed E-state index contributed by atoms with van der Waals surface area (Å²) in [5, 5.41) is 12.3. The van der Waals surface area contributed by atoms with Gasteiger partial charge in [-0.2, -0.15) is 4.80 Å². The number of amides is 2. The third kappa shape index (κ3) is 4.68. The van der Waals surface area contributed by atoms with Gasteiger partial charge in [0, 0.05) is 43.6 Å². The molecule has 154 valence electrons. The molecule has 0 atom stereocenters. The molecule has 9 nitrogen and oxygen atoms in total. The molecule has 0 N–H and O–H groups in total. The summed E-state index contributed by atoms with van der Waals surface area (Å²) in [4.78, 5) is 34.1. The lowest BCUT2D eigenvalue weighted by Gasteiger charge is -2.34. The number of nitrogens with zero attached hydrogens (tertiary/aromatic N) is 7. The van der Waals surface area contributed by atoms with Crippen LogP contribution in [0.4, 0.5) is 0 Å². The molecule has 1 saturated heterocycles. The molecular formula is C21H23N7O2. The smallest absolute Gasteiger partial charge is 0.246 e. The van der Waals surface area contributed by atoms with E-state index in [-0.39, 0.29) is 24.8 Å². The topological polar surface area (TPSA) is 97.1 Å². The number of aryl methyl sites for hydroxylation is 1. The first-order valence-electron chi connectivity index (χ1n) is 9.89. The number of carbonyl (C=O) groups excluding carboxylic acids is 2. The lowest BCUT2D eigenvalue weighted by molar-refractivity contribution is -0.139. The third-order valence-electron chi connectivity index (χ3n) is 5.08. The maximum absolute atomic E-state index is 12.6. The van der Waals surface area contributed by atoms with Gasteiger partial charge in [0.2, 0.25) is 17.6 Å². The molecule has 3 heterocycles. The Kier molecular flexibility index (Phi) is 5.78. The van der Waals surface area contributed by atoms with E-state index in [1.165, 1.54) is 4.80 Å². The molecule has 0 aliphatic carbocycles. The first-order chi connectivity index (χ1) is 14.6. The second-order valence-corrected chi connectivity index (χ2v) is 7.27. The van der Waals surface area contributed by atoms with Crippen LogP contribution in [-0.4, -0.2) is 73.0 Å². The quantitative estimate of drug-likeness (QED) is 0.627. The largest absolute Gasteiger partial charge is 0.339 e. The molecule has 3 aromatic rings. The second-order valence-electron chi connectivity index (χ2n) is 7.27. The number of aromatic nitrogens is 5. The molecule has 1 aliphatic heterocycles. The van der Waals surface area contributed by atoms with Crippen LogP contribution in [0.1, 0.15) is 11.3 Å². The van der Waals surface area contributed by atoms with Crippen LogP contribution in [0.3, 0.4) is 0 Å². The number of piperazine rings is 1. The Hall–Kier alpha value is -3.62. The summed E-state index contributed by atoms with van der Waals surface area (Å²) in [5.41, 5.74) is 2.76. The van der Waals surface area contributed by atoms with Gasteiger partial charge >= 0.3 is 0 Å². The van der Waals surface area contributed by atoms with Crippen molar-refractivity contribution < 1.29 is 9.59 Å². The van der Waals surface area contributed by atoms with Gasteiger partial charge in [-0.05, 0) is 24.3 Å². The molecule has 4 rings (SSSR count). The van der Waals surface area contributed by atoms with E-state index in [0.29, 0.717) is 32.0 Å². The molecule has 1 aromatic carbocycles. The fraction of sp³-hybridized carbons (Fsp3) is 0.333. The van der Waals surface area contributed by atoms with Crippen molar-refractivity contribution >= 4 is 11.8 Å². The van der Waals surface area contributed by atoms with Gasteiger partial charge in [0.15, 0.2) is 0 Å². The van der Waals surface area contributed by atoms with Gasteiger partial charge in [0.05, 0.1) is 6.42 Å². The van der Waals surface area contributed by atoms with Crippen molar-refractivity contribution in [1.82, 2.24) is 35.0 Å².